The summed E-state index contributed by atoms with van der Waals surface area (Å²) in [7, 11) is 0. The number of para-hydroxylation sites is 1. The highest BCUT2D eigenvalue weighted by atomic mass is 16.5. The van der Waals surface area contributed by atoms with Crippen LogP contribution in [-0.4, -0.2) is 29.9 Å². The SMILES string of the molecule is NC1=Nc2ccc(Oc3ccccc3)cc2CN1CCNC(=O)C1CCCCC1. The van der Waals surface area contributed by atoms with Gasteiger partial charge in [-0.2, -0.15) is 0 Å². The second-order valence-corrected chi connectivity index (χ2v) is 7.72. The van der Waals surface area contributed by atoms with Crippen LogP contribution in [0.25, 0.3) is 0 Å². The number of fused-ring (bicyclic) bond motifs is 1. The molecule has 0 aromatic heterocycles. The monoisotopic (exact) mass is 392 g/mol. The van der Waals surface area contributed by atoms with Crippen molar-refractivity contribution in [2.75, 3.05) is 13.1 Å². The van der Waals surface area contributed by atoms with Crippen molar-refractivity contribution in [2.24, 2.45) is 16.6 Å². The quantitative estimate of drug-likeness (QED) is 0.780. The molecule has 0 atom stereocenters. The summed E-state index contributed by atoms with van der Waals surface area (Å²) in [6, 6.07) is 15.6. The highest BCUT2D eigenvalue weighted by molar-refractivity contribution is 5.84. The van der Waals surface area contributed by atoms with Gasteiger partial charge in [0.2, 0.25) is 5.91 Å². The van der Waals surface area contributed by atoms with E-state index in [4.69, 9.17) is 10.5 Å². The third kappa shape index (κ3) is 4.88. The zero-order chi connectivity index (χ0) is 20.1. The van der Waals surface area contributed by atoms with Crippen LogP contribution in [0.15, 0.2) is 53.5 Å². The largest absolute Gasteiger partial charge is 0.457 e. The van der Waals surface area contributed by atoms with Gasteiger partial charge in [0.05, 0.1) is 5.69 Å². The Balaban J connectivity index is 1.34. The normalized spacial score (nSPS) is 16.7. The van der Waals surface area contributed by atoms with Gasteiger partial charge < -0.3 is 20.7 Å². The average Bonchev–Trinajstić information content (AvgIpc) is 2.75. The maximum Gasteiger partial charge on any atom is 0.223 e. The predicted molar refractivity (Wildman–Crippen MR) is 114 cm³/mol. The summed E-state index contributed by atoms with van der Waals surface area (Å²) in [5, 5.41) is 3.07. The summed E-state index contributed by atoms with van der Waals surface area (Å²) in [6.07, 6.45) is 5.59. The van der Waals surface area contributed by atoms with E-state index in [9.17, 15) is 4.79 Å². The number of nitrogens with two attached hydrogens (primary N) is 1. The fourth-order valence-electron chi connectivity index (χ4n) is 3.98. The fraction of sp³-hybridized carbons (Fsp3) is 0.391. The van der Waals surface area contributed by atoms with Gasteiger partial charge in [0.15, 0.2) is 5.96 Å². The van der Waals surface area contributed by atoms with Crippen LogP contribution in [0, 0.1) is 5.92 Å². The highest BCUT2D eigenvalue weighted by Gasteiger charge is 2.22. The molecule has 0 bridgehead atoms. The summed E-state index contributed by atoms with van der Waals surface area (Å²) < 4.78 is 5.93. The molecule has 152 valence electrons. The summed E-state index contributed by atoms with van der Waals surface area (Å²) in [5.41, 5.74) is 8.07. The predicted octanol–water partition coefficient (Wildman–Crippen LogP) is 3.94. The number of ether oxygens (including phenoxy) is 1. The van der Waals surface area contributed by atoms with Crippen LogP contribution in [0.4, 0.5) is 5.69 Å². The second-order valence-electron chi connectivity index (χ2n) is 7.72. The number of benzene rings is 2. The lowest BCUT2D eigenvalue weighted by atomic mass is 9.89. The van der Waals surface area contributed by atoms with Crippen LogP contribution in [0.3, 0.4) is 0 Å². The Morgan fingerprint density at radius 2 is 1.90 bits per heavy atom. The van der Waals surface area contributed by atoms with E-state index in [-0.39, 0.29) is 11.8 Å². The lowest BCUT2D eigenvalue weighted by Gasteiger charge is -2.29. The van der Waals surface area contributed by atoms with Crippen molar-refractivity contribution in [3.05, 3.63) is 54.1 Å². The molecule has 3 N–H and O–H groups in total. The number of nitrogens with zero attached hydrogens (tertiary/aromatic N) is 2. The molecule has 6 heteroatoms. The number of nitrogens with one attached hydrogen (secondary N) is 1. The van der Waals surface area contributed by atoms with E-state index in [0.717, 1.165) is 48.4 Å². The number of carbonyl (C=O) groups excluding carboxylic acids is 1. The van der Waals surface area contributed by atoms with E-state index in [0.29, 0.717) is 25.6 Å². The van der Waals surface area contributed by atoms with E-state index in [2.05, 4.69) is 10.3 Å². The minimum absolute atomic E-state index is 0.175. The Hall–Kier alpha value is -3.02. The maximum absolute atomic E-state index is 12.3. The van der Waals surface area contributed by atoms with Crippen molar-refractivity contribution in [2.45, 2.75) is 38.6 Å². The van der Waals surface area contributed by atoms with Crippen molar-refractivity contribution < 1.29 is 9.53 Å². The van der Waals surface area contributed by atoms with E-state index < -0.39 is 0 Å². The van der Waals surface area contributed by atoms with Gasteiger partial charge in [0, 0.05) is 31.1 Å². The molecule has 2 aliphatic rings. The molecule has 0 spiro atoms. The molecule has 0 unspecified atom stereocenters. The lowest BCUT2D eigenvalue weighted by Crippen LogP contribution is -2.44. The van der Waals surface area contributed by atoms with E-state index in [1.54, 1.807) is 0 Å². The van der Waals surface area contributed by atoms with Crippen molar-refractivity contribution in [3.63, 3.8) is 0 Å². The van der Waals surface area contributed by atoms with E-state index in [1.807, 2.05) is 53.4 Å². The molecule has 1 aliphatic carbocycles. The van der Waals surface area contributed by atoms with Crippen molar-refractivity contribution in [1.82, 2.24) is 10.2 Å². The van der Waals surface area contributed by atoms with E-state index in [1.165, 1.54) is 6.42 Å². The number of carbonyl (C=O) groups is 1. The first-order valence-electron chi connectivity index (χ1n) is 10.4. The van der Waals surface area contributed by atoms with Gasteiger partial charge in [-0.15, -0.1) is 0 Å². The Kier molecular flexibility index (Phi) is 5.98. The summed E-state index contributed by atoms with van der Waals surface area (Å²) in [6.45, 7) is 1.86. The first-order chi connectivity index (χ1) is 14.2. The first kappa shape index (κ1) is 19.3. The number of aliphatic imine (C=N–C) groups is 1. The molecule has 1 amide bonds. The molecule has 1 saturated carbocycles. The van der Waals surface area contributed by atoms with Crippen molar-refractivity contribution in [3.8, 4) is 11.5 Å². The maximum atomic E-state index is 12.3. The van der Waals surface area contributed by atoms with Gasteiger partial charge in [-0.05, 0) is 43.2 Å². The van der Waals surface area contributed by atoms with Gasteiger partial charge >= 0.3 is 0 Å². The number of hydrogen-bond donors (Lipinski definition) is 2. The van der Waals surface area contributed by atoms with Crippen LogP contribution in [0.2, 0.25) is 0 Å². The molecular weight excluding hydrogens is 364 g/mol. The molecule has 4 rings (SSSR count). The van der Waals surface area contributed by atoms with Crippen LogP contribution >= 0.6 is 0 Å². The molecule has 1 aliphatic heterocycles. The zero-order valence-electron chi connectivity index (χ0n) is 16.6. The molecule has 6 nitrogen and oxygen atoms in total. The topological polar surface area (TPSA) is 80.0 Å². The number of guanidine groups is 1. The molecule has 2 aromatic carbocycles. The van der Waals surface area contributed by atoms with Gasteiger partial charge in [-0.1, -0.05) is 37.5 Å². The van der Waals surface area contributed by atoms with Gasteiger partial charge in [-0.3, -0.25) is 4.79 Å². The van der Waals surface area contributed by atoms with Crippen LogP contribution in [0.1, 0.15) is 37.7 Å². The number of hydrogen-bond acceptors (Lipinski definition) is 5. The summed E-state index contributed by atoms with van der Waals surface area (Å²) in [4.78, 5) is 18.8. The molecule has 0 radical (unpaired) electrons. The molecule has 2 aromatic rings. The van der Waals surface area contributed by atoms with Gasteiger partial charge in [0.1, 0.15) is 11.5 Å². The van der Waals surface area contributed by atoms with Gasteiger partial charge in [0.25, 0.3) is 0 Å². The van der Waals surface area contributed by atoms with Crippen LogP contribution in [0.5, 0.6) is 11.5 Å². The van der Waals surface area contributed by atoms with Crippen molar-refractivity contribution in [1.29, 1.82) is 0 Å². The molecule has 0 saturated heterocycles. The smallest absolute Gasteiger partial charge is 0.223 e. The highest BCUT2D eigenvalue weighted by Crippen LogP contribution is 2.31. The lowest BCUT2D eigenvalue weighted by molar-refractivity contribution is -0.125. The minimum atomic E-state index is 0.175. The van der Waals surface area contributed by atoms with Crippen LogP contribution < -0.4 is 15.8 Å². The zero-order valence-corrected chi connectivity index (χ0v) is 16.6. The average molecular weight is 393 g/mol. The Bertz CT molecular complexity index is 876. The first-order valence-corrected chi connectivity index (χ1v) is 10.4. The Morgan fingerprint density at radius 1 is 1.10 bits per heavy atom. The summed E-state index contributed by atoms with van der Waals surface area (Å²) in [5.74, 6) is 2.41. The molecule has 29 heavy (non-hydrogen) atoms. The van der Waals surface area contributed by atoms with Gasteiger partial charge in [-0.25, -0.2) is 4.99 Å². The van der Waals surface area contributed by atoms with E-state index >= 15 is 0 Å². The fourth-order valence-corrected chi connectivity index (χ4v) is 3.98. The van der Waals surface area contributed by atoms with Crippen LogP contribution in [-0.2, 0) is 11.3 Å². The third-order valence-corrected chi connectivity index (χ3v) is 5.61. The second kappa shape index (κ2) is 8.99. The molecule has 1 fully saturated rings. The third-order valence-electron chi connectivity index (χ3n) is 5.61. The van der Waals surface area contributed by atoms with Crippen molar-refractivity contribution >= 4 is 17.6 Å². The number of amides is 1. The summed E-state index contributed by atoms with van der Waals surface area (Å²) >= 11 is 0. The molecular formula is C23H28N4O2. The minimum Gasteiger partial charge on any atom is -0.457 e. The number of rotatable bonds is 6. The molecule has 1 heterocycles. The standard InChI is InChI=1S/C23H28N4O2/c24-23-26-21-12-11-20(29-19-9-5-2-6-10-19)15-18(21)16-27(23)14-13-25-22(28)17-7-3-1-4-8-17/h2,5-6,9-12,15,17H,1,3-4,7-8,13-14,16H2,(H2,24,26)(H,25,28). The Labute approximate surface area is 171 Å². The Morgan fingerprint density at radius 3 is 2.69 bits per heavy atom.